The van der Waals surface area contributed by atoms with Crippen LogP contribution in [0.5, 0.6) is 5.75 Å². The first-order chi connectivity index (χ1) is 9.86. The van der Waals surface area contributed by atoms with E-state index in [-0.39, 0.29) is 10.6 Å². The molecular weight excluding hydrogens is 288 g/mol. The summed E-state index contributed by atoms with van der Waals surface area (Å²) in [6, 6.07) is 11.8. The highest BCUT2D eigenvalue weighted by molar-refractivity contribution is 7.92. The van der Waals surface area contributed by atoms with E-state index in [0.717, 1.165) is 5.56 Å². The number of hydrogen-bond acceptors (Lipinski definition) is 4. The SMILES string of the molecule is COc1cc(N)ccc1S(=O)(=O)N(C)c1cccc(C)c1. The number of rotatable bonds is 4. The maximum Gasteiger partial charge on any atom is 0.267 e. The summed E-state index contributed by atoms with van der Waals surface area (Å²) >= 11 is 0. The predicted octanol–water partition coefficient (Wildman–Crippen LogP) is 2.41. The van der Waals surface area contributed by atoms with Crippen molar-refractivity contribution in [2.24, 2.45) is 0 Å². The smallest absolute Gasteiger partial charge is 0.267 e. The van der Waals surface area contributed by atoms with Crippen LogP contribution >= 0.6 is 0 Å². The van der Waals surface area contributed by atoms with E-state index in [1.54, 1.807) is 18.2 Å². The van der Waals surface area contributed by atoms with Gasteiger partial charge in [-0.05, 0) is 36.8 Å². The summed E-state index contributed by atoms with van der Waals surface area (Å²) in [4.78, 5) is 0.0863. The number of benzene rings is 2. The Morgan fingerprint density at radius 3 is 2.48 bits per heavy atom. The average Bonchev–Trinajstić information content (AvgIpc) is 2.45. The quantitative estimate of drug-likeness (QED) is 0.880. The van der Waals surface area contributed by atoms with Gasteiger partial charge in [-0.15, -0.1) is 0 Å². The largest absolute Gasteiger partial charge is 0.495 e. The van der Waals surface area contributed by atoms with Gasteiger partial charge in [0, 0.05) is 18.8 Å². The molecule has 112 valence electrons. The van der Waals surface area contributed by atoms with E-state index in [0.29, 0.717) is 11.4 Å². The van der Waals surface area contributed by atoms with Crippen molar-refractivity contribution >= 4 is 21.4 Å². The fraction of sp³-hybridized carbons (Fsp3) is 0.200. The molecule has 0 atom stereocenters. The van der Waals surface area contributed by atoms with Crippen LogP contribution in [0, 0.1) is 6.92 Å². The molecule has 0 aliphatic heterocycles. The lowest BCUT2D eigenvalue weighted by atomic mass is 10.2. The number of nitrogen functional groups attached to an aromatic ring is 1. The van der Waals surface area contributed by atoms with Gasteiger partial charge in [0.15, 0.2) is 0 Å². The normalized spacial score (nSPS) is 11.2. The summed E-state index contributed by atoms with van der Waals surface area (Å²) in [5.74, 6) is 0.231. The zero-order valence-corrected chi connectivity index (χ0v) is 13.0. The fourth-order valence-corrected chi connectivity index (χ4v) is 3.33. The van der Waals surface area contributed by atoms with Crippen LogP contribution in [0.25, 0.3) is 0 Å². The van der Waals surface area contributed by atoms with E-state index in [2.05, 4.69) is 0 Å². The summed E-state index contributed by atoms with van der Waals surface area (Å²) < 4.78 is 31.8. The molecule has 0 saturated heterocycles. The van der Waals surface area contributed by atoms with E-state index < -0.39 is 10.0 Å². The molecule has 0 amide bonds. The van der Waals surface area contributed by atoms with Gasteiger partial charge in [-0.1, -0.05) is 12.1 Å². The average molecular weight is 306 g/mol. The van der Waals surface area contributed by atoms with E-state index in [1.807, 2.05) is 19.1 Å². The van der Waals surface area contributed by atoms with Crippen molar-refractivity contribution in [1.29, 1.82) is 0 Å². The Morgan fingerprint density at radius 2 is 1.86 bits per heavy atom. The number of methoxy groups -OCH3 is 1. The van der Waals surface area contributed by atoms with E-state index in [4.69, 9.17) is 10.5 Å². The minimum Gasteiger partial charge on any atom is -0.495 e. The second-order valence-electron chi connectivity index (χ2n) is 4.72. The molecule has 0 aliphatic carbocycles. The van der Waals surface area contributed by atoms with Gasteiger partial charge >= 0.3 is 0 Å². The Hall–Kier alpha value is -2.21. The van der Waals surface area contributed by atoms with Gasteiger partial charge in [-0.2, -0.15) is 0 Å². The lowest BCUT2D eigenvalue weighted by Crippen LogP contribution is -2.27. The monoisotopic (exact) mass is 306 g/mol. The highest BCUT2D eigenvalue weighted by Gasteiger charge is 2.25. The molecule has 0 radical (unpaired) electrons. The summed E-state index contributed by atoms with van der Waals surface area (Å²) in [6.45, 7) is 1.91. The van der Waals surface area contributed by atoms with E-state index >= 15 is 0 Å². The molecule has 0 spiro atoms. The molecule has 21 heavy (non-hydrogen) atoms. The van der Waals surface area contributed by atoms with Gasteiger partial charge in [0.1, 0.15) is 10.6 Å². The number of aryl methyl sites for hydroxylation is 1. The highest BCUT2D eigenvalue weighted by atomic mass is 32.2. The molecule has 0 saturated carbocycles. The van der Waals surface area contributed by atoms with Crippen LogP contribution < -0.4 is 14.8 Å². The van der Waals surface area contributed by atoms with Gasteiger partial charge < -0.3 is 10.5 Å². The van der Waals surface area contributed by atoms with Crippen LogP contribution in [0.4, 0.5) is 11.4 Å². The molecule has 0 bridgehead atoms. The molecule has 0 aliphatic rings. The predicted molar refractivity (Wildman–Crippen MR) is 84.2 cm³/mol. The maximum atomic E-state index is 12.7. The third-order valence-corrected chi connectivity index (χ3v) is 5.02. The van der Waals surface area contributed by atoms with Crippen LogP contribution in [0.2, 0.25) is 0 Å². The van der Waals surface area contributed by atoms with Gasteiger partial charge in [0.2, 0.25) is 0 Å². The Bertz CT molecular complexity index is 757. The van der Waals surface area contributed by atoms with Crippen molar-refractivity contribution in [2.75, 3.05) is 24.2 Å². The van der Waals surface area contributed by atoms with Crippen molar-refractivity contribution in [1.82, 2.24) is 0 Å². The molecule has 2 aromatic carbocycles. The van der Waals surface area contributed by atoms with E-state index in [1.165, 1.54) is 30.6 Å². The molecule has 2 rings (SSSR count). The Morgan fingerprint density at radius 1 is 1.14 bits per heavy atom. The molecule has 5 nitrogen and oxygen atoms in total. The number of hydrogen-bond donors (Lipinski definition) is 1. The molecule has 2 aromatic rings. The number of ether oxygens (including phenoxy) is 1. The third kappa shape index (κ3) is 2.95. The van der Waals surface area contributed by atoms with Gasteiger partial charge in [0.05, 0.1) is 12.8 Å². The lowest BCUT2D eigenvalue weighted by molar-refractivity contribution is 0.403. The van der Waals surface area contributed by atoms with Crippen LogP contribution in [0.15, 0.2) is 47.4 Å². The second-order valence-corrected chi connectivity index (χ2v) is 6.66. The standard InChI is InChI=1S/C15H18N2O3S/c1-11-5-4-6-13(9-11)17(2)21(18,19)15-8-7-12(16)10-14(15)20-3/h4-10H,16H2,1-3H3. The minimum atomic E-state index is -3.72. The Balaban J connectivity index is 2.52. The molecule has 0 fully saturated rings. The first-order valence-electron chi connectivity index (χ1n) is 6.35. The Labute approximate surface area is 125 Å². The lowest BCUT2D eigenvalue weighted by Gasteiger charge is -2.21. The molecule has 0 unspecified atom stereocenters. The summed E-state index contributed by atoms with van der Waals surface area (Å²) in [5.41, 5.74) is 7.69. The van der Waals surface area contributed by atoms with Crippen LogP contribution in [-0.2, 0) is 10.0 Å². The highest BCUT2D eigenvalue weighted by Crippen LogP contribution is 2.30. The second kappa shape index (κ2) is 5.65. The summed E-state index contributed by atoms with van der Waals surface area (Å²) in [6.07, 6.45) is 0. The summed E-state index contributed by atoms with van der Waals surface area (Å²) in [5, 5.41) is 0. The molecule has 0 heterocycles. The van der Waals surface area contributed by atoms with Crippen molar-refractivity contribution in [3.8, 4) is 5.75 Å². The van der Waals surface area contributed by atoms with Crippen LogP contribution in [0.1, 0.15) is 5.56 Å². The zero-order chi connectivity index (χ0) is 15.6. The maximum absolute atomic E-state index is 12.7. The van der Waals surface area contributed by atoms with Gasteiger partial charge in [-0.25, -0.2) is 8.42 Å². The van der Waals surface area contributed by atoms with Crippen LogP contribution in [0.3, 0.4) is 0 Å². The van der Waals surface area contributed by atoms with Gasteiger partial charge in [-0.3, -0.25) is 4.31 Å². The Kier molecular flexibility index (Phi) is 4.09. The molecular formula is C15H18N2O3S. The van der Waals surface area contributed by atoms with Crippen LogP contribution in [-0.4, -0.2) is 22.6 Å². The number of anilines is 2. The first kappa shape index (κ1) is 15.2. The van der Waals surface area contributed by atoms with Crippen molar-refractivity contribution < 1.29 is 13.2 Å². The fourth-order valence-electron chi connectivity index (χ4n) is 2.01. The van der Waals surface area contributed by atoms with Crippen molar-refractivity contribution in [3.05, 3.63) is 48.0 Å². The zero-order valence-electron chi connectivity index (χ0n) is 12.2. The van der Waals surface area contributed by atoms with Crippen molar-refractivity contribution in [2.45, 2.75) is 11.8 Å². The summed E-state index contributed by atoms with van der Waals surface area (Å²) in [7, 11) is -0.785. The van der Waals surface area contributed by atoms with Gasteiger partial charge in [0.25, 0.3) is 10.0 Å². The number of nitrogens with zero attached hydrogens (tertiary/aromatic N) is 1. The van der Waals surface area contributed by atoms with Crippen molar-refractivity contribution in [3.63, 3.8) is 0 Å². The first-order valence-corrected chi connectivity index (χ1v) is 7.79. The third-order valence-electron chi connectivity index (χ3n) is 3.19. The van der Waals surface area contributed by atoms with E-state index in [9.17, 15) is 8.42 Å². The molecule has 2 N–H and O–H groups in total. The number of nitrogens with two attached hydrogens (primary N) is 1. The topological polar surface area (TPSA) is 72.6 Å². The molecule has 6 heteroatoms. The number of sulfonamides is 1. The molecule has 0 aromatic heterocycles. The minimum absolute atomic E-state index is 0.0863.